The first kappa shape index (κ1) is 91.7. The normalized spacial score (nSPS) is 14.6. The molecule has 0 bridgehead atoms. The Kier molecular flexibility index (Phi) is 38.1. The molecule has 0 aliphatic rings. The van der Waals surface area contributed by atoms with Crippen molar-refractivity contribution in [1.82, 2.24) is 68.8 Å². The summed E-state index contributed by atoms with van der Waals surface area (Å²) in [5.41, 5.74) is 32.7. The number of carbonyl (C=O) groups is 12. The molecule has 1 aromatic heterocycles. The Hall–Kier alpha value is -11.2. The third-order valence-corrected chi connectivity index (χ3v) is 19.1. The number of aromatic amines is 1. The number of aromatic nitrogens is 1. The quantitative estimate of drug-likeness (QED) is 0.00853. The van der Waals surface area contributed by atoms with E-state index in [-0.39, 0.29) is 108 Å². The number of aromatic hydroxyl groups is 1. The minimum absolute atomic E-state index is 0.0352. The van der Waals surface area contributed by atoms with E-state index in [4.69, 9.17) is 45.7 Å². The third-order valence-electron chi connectivity index (χ3n) is 18.5. The maximum absolute atomic E-state index is 15.2. The first-order chi connectivity index (χ1) is 54.4. The van der Waals surface area contributed by atoms with E-state index in [9.17, 15) is 63.3 Å². The number of thiol groups is 1. The van der Waals surface area contributed by atoms with Crippen LogP contribution in [0.5, 0.6) is 5.75 Å². The summed E-state index contributed by atoms with van der Waals surface area (Å²) in [6.45, 7) is 2.24. The van der Waals surface area contributed by atoms with Crippen molar-refractivity contribution in [3.05, 3.63) is 172 Å². The molecule has 114 heavy (non-hydrogen) atoms. The molecule has 0 spiro atoms. The lowest BCUT2D eigenvalue weighted by Gasteiger charge is -2.29. The molecule has 0 saturated carbocycles. The fourth-order valence-electron chi connectivity index (χ4n) is 12.1. The lowest BCUT2D eigenvalue weighted by Crippen LogP contribution is -2.62. The first-order valence-corrected chi connectivity index (χ1v) is 38.4. The molecule has 27 N–H and O–H groups in total. The van der Waals surface area contributed by atoms with Crippen LogP contribution in [0.15, 0.2) is 140 Å². The van der Waals surface area contributed by atoms with E-state index in [1.54, 1.807) is 109 Å². The molecule has 36 heteroatoms. The zero-order valence-electron chi connectivity index (χ0n) is 63.5. The zero-order chi connectivity index (χ0) is 83.4. The SMILES string of the molecule is C[C@@H](O)[C@H](NC(=O)[C@H](Cc1ccccc1)NC(=O)[C@@H](NC(=O)[C@H](CCCCN)NC(=O)[C@@H](Cc1c[nH]c2ccccc12)NC(=O)[C@H](Cc1ccc(O)cc1)NC(=O)[C@H](Cc1ccc(Cl)cc1)NC(=O)[C@H](N)Cc1ccccc1)[C@@H](C)O)C(=O)NCCCC[C@H](N)C(=O)NCC(=O)N[C@@H](CS)C(=O)N[C@@H](CCCNC(=N)N)C(N)=O. The standard InChI is InChI=1S/C78H106ClN19O15S/c1-44(99)65(76(112)86-34-14-12-21-54(81)68(104)89-42-64(102)90-63(43-114)75(111)91-57(67(83)103)24-15-35-87-78(84)85)97-74(110)61(37-47-18-7-4-8-19-47)96-77(113)66(45(2)100)98-70(106)58(23-11-13-33-80)92-73(109)62(40-50-41-88-56-22-10-9-20-53(50)56)95-72(108)60(39-49-27-31-52(101)32-28-49)94-71(107)59(38-48-25-29-51(79)30-26-48)93-69(105)55(82)36-46-16-5-3-6-17-46/h3-10,16-20,22,25-32,41,44-45,54-55,57-63,65-66,88,99-101,114H,11-15,21,23-24,33-40,42-43,80-82H2,1-2H3,(H2,83,103)(H,86,112)(H,89,104)(H,90,102)(H,91,111)(H,92,109)(H,93,105)(H,94,107)(H,95,108)(H,96,113)(H,97,110)(H,98,106)(H4,84,85,87)/t44-,45-,54+,55-,57+,58+,59+,60+,61+,62-,63+,65+,66+/m1/s1. The number of carbonyl (C=O) groups excluding carboxylic acids is 12. The molecule has 34 nitrogen and oxygen atoms in total. The van der Waals surface area contributed by atoms with Gasteiger partial charge in [0.1, 0.15) is 60.1 Å². The van der Waals surface area contributed by atoms with Gasteiger partial charge in [0, 0.05) is 66.6 Å². The number of aliphatic hydroxyl groups is 2. The van der Waals surface area contributed by atoms with Gasteiger partial charge >= 0.3 is 0 Å². The number of unbranched alkanes of at least 4 members (excludes halogenated alkanes) is 2. The highest BCUT2D eigenvalue weighted by Gasteiger charge is 2.38. The monoisotopic (exact) mass is 1620 g/mol. The summed E-state index contributed by atoms with van der Waals surface area (Å²) in [5.74, 6) is -10.8. The number of guanidine groups is 1. The van der Waals surface area contributed by atoms with Gasteiger partial charge in [-0.25, -0.2) is 0 Å². The fourth-order valence-corrected chi connectivity index (χ4v) is 12.5. The van der Waals surface area contributed by atoms with Gasteiger partial charge in [-0.2, -0.15) is 12.6 Å². The Labute approximate surface area is 670 Å². The van der Waals surface area contributed by atoms with Gasteiger partial charge < -0.3 is 113 Å². The van der Waals surface area contributed by atoms with Crippen molar-refractivity contribution in [3.8, 4) is 5.75 Å². The van der Waals surface area contributed by atoms with E-state index >= 15 is 9.59 Å². The first-order valence-electron chi connectivity index (χ1n) is 37.4. The highest BCUT2D eigenvalue weighted by Crippen LogP contribution is 2.21. The Morgan fingerprint density at radius 2 is 0.895 bits per heavy atom. The van der Waals surface area contributed by atoms with Crippen LogP contribution in [0.3, 0.4) is 0 Å². The van der Waals surface area contributed by atoms with Gasteiger partial charge in [-0.05, 0) is 136 Å². The van der Waals surface area contributed by atoms with Crippen molar-refractivity contribution in [2.75, 3.05) is 31.9 Å². The number of phenolic OH excluding ortho intramolecular Hbond substituents is 1. The highest BCUT2D eigenvalue weighted by molar-refractivity contribution is 7.80. The molecule has 0 saturated heterocycles. The predicted octanol–water partition coefficient (Wildman–Crippen LogP) is -1.97. The number of H-pyrrole nitrogens is 1. The summed E-state index contributed by atoms with van der Waals surface area (Å²) >= 11 is 10.3. The third kappa shape index (κ3) is 31.0. The Balaban J connectivity index is 1.14. The number of aliphatic hydroxyl groups excluding tert-OH is 2. The highest BCUT2D eigenvalue weighted by atomic mass is 35.5. The number of halogens is 1. The molecule has 6 rings (SSSR count). The van der Waals surface area contributed by atoms with Crippen LogP contribution in [0.2, 0.25) is 5.02 Å². The number of benzene rings is 5. The van der Waals surface area contributed by atoms with Gasteiger partial charge in [0.2, 0.25) is 70.9 Å². The largest absolute Gasteiger partial charge is 0.508 e. The average Bonchev–Trinajstić information content (AvgIpc) is 1.64. The van der Waals surface area contributed by atoms with Crippen LogP contribution in [0.25, 0.3) is 10.9 Å². The second-order valence-electron chi connectivity index (χ2n) is 27.7. The number of para-hydroxylation sites is 1. The van der Waals surface area contributed by atoms with Crippen LogP contribution < -0.4 is 92.5 Å². The van der Waals surface area contributed by atoms with Gasteiger partial charge in [0.15, 0.2) is 5.96 Å². The molecule has 0 unspecified atom stereocenters. The van der Waals surface area contributed by atoms with E-state index < -0.39 is 156 Å². The minimum atomic E-state index is -1.83. The number of hydrogen-bond donors (Lipinski definition) is 23. The van der Waals surface area contributed by atoms with Gasteiger partial charge in [-0.3, -0.25) is 62.9 Å². The minimum Gasteiger partial charge on any atom is -0.508 e. The van der Waals surface area contributed by atoms with E-state index in [2.05, 4.69) is 81.4 Å². The fraction of sp³-hybridized carbons (Fsp3) is 0.423. The molecule has 1 heterocycles. The van der Waals surface area contributed by atoms with E-state index in [1.165, 1.54) is 38.1 Å². The summed E-state index contributed by atoms with van der Waals surface area (Å²) in [4.78, 5) is 170. The molecule has 0 radical (unpaired) electrons. The average molecular weight is 1620 g/mol. The van der Waals surface area contributed by atoms with Crippen molar-refractivity contribution in [1.29, 1.82) is 5.41 Å². The van der Waals surface area contributed by atoms with Crippen molar-refractivity contribution in [2.45, 2.75) is 176 Å². The van der Waals surface area contributed by atoms with Crippen molar-refractivity contribution in [3.63, 3.8) is 0 Å². The second-order valence-corrected chi connectivity index (χ2v) is 28.5. The lowest BCUT2D eigenvalue weighted by atomic mass is 9.99. The predicted molar refractivity (Wildman–Crippen MR) is 431 cm³/mol. The summed E-state index contributed by atoms with van der Waals surface area (Å²) in [6, 6.07) is 21.6. The number of primary amides is 1. The number of nitrogens with two attached hydrogens (primary N) is 5. The van der Waals surface area contributed by atoms with Crippen LogP contribution in [0.4, 0.5) is 0 Å². The molecule has 13 atom stereocenters. The number of nitrogens with one attached hydrogen (secondary N) is 14. The van der Waals surface area contributed by atoms with E-state index in [0.717, 1.165) is 5.56 Å². The summed E-state index contributed by atoms with van der Waals surface area (Å²) < 4.78 is 0. The second kappa shape index (κ2) is 47.3. The van der Waals surface area contributed by atoms with Gasteiger partial charge in [0.05, 0.1) is 30.8 Å². The van der Waals surface area contributed by atoms with Crippen LogP contribution in [0, 0.1) is 5.41 Å². The molecule has 5 aromatic carbocycles. The molecular formula is C78H106ClN19O15S. The van der Waals surface area contributed by atoms with Crippen LogP contribution in [0.1, 0.15) is 93.0 Å². The van der Waals surface area contributed by atoms with Gasteiger partial charge in [0.25, 0.3) is 0 Å². The Morgan fingerprint density at radius 3 is 1.45 bits per heavy atom. The zero-order valence-corrected chi connectivity index (χ0v) is 65.1. The summed E-state index contributed by atoms with van der Waals surface area (Å²) in [5, 5.41) is 72.0. The number of phenols is 1. The van der Waals surface area contributed by atoms with Crippen LogP contribution in [-0.4, -0.2) is 208 Å². The Morgan fingerprint density at radius 1 is 0.447 bits per heavy atom. The van der Waals surface area contributed by atoms with Crippen molar-refractivity contribution < 1.29 is 72.9 Å². The molecular weight excluding hydrogens is 1510 g/mol. The molecule has 6 aromatic rings. The Bertz CT molecular complexity index is 4190. The molecule has 0 aliphatic carbocycles. The smallest absolute Gasteiger partial charge is 0.245 e. The van der Waals surface area contributed by atoms with Crippen LogP contribution in [-0.2, 0) is 89.6 Å². The number of fused-ring (bicyclic) bond motifs is 1. The number of hydrogen-bond acceptors (Lipinski definition) is 20. The topological polar surface area (TPSA) is 580 Å². The van der Waals surface area contributed by atoms with Gasteiger partial charge in [-0.1, -0.05) is 115 Å². The maximum Gasteiger partial charge on any atom is 0.245 e. The van der Waals surface area contributed by atoms with Crippen LogP contribution >= 0.6 is 24.2 Å². The van der Waals surface area contributed by atoms with Crippen molar-refractivity contribution >= 4 is 112 Å². The van der Waals surface area contributed by atoms with E-state index in [1.807, 2.05) is 6.07 Å². The van der Waals surface area contributed by atoms with E-state index in [0.29, 0.717) is 51.0 Å². The summed E-state index contributed by atoms with van der Waals surface area (Å²) in [7, 11) is 0. The molecule has 0 fully saturated rings. The maximum atomic E-state index is 15.2. The summed E-state index contributed by atoms with van der Waals surface area (Å²) in [6.07, 6.45) is -0.655. The molecule has 0 aliphatic heterocycles. The number of rotatable bonds is 48. The number of amides is 12. The molecule has 12 amide bonds. The van der Waals surface area contributed by atoms with Gasteiger partial charge in [-0.15, -0.1) is 0 Å². The molecule has 616 valence electrons. The van der Waals surface area contributed by atoms with Crippen molar-refractivity contribution in [2.24, 2.45) is 28.7 Å². The lowest BCUT2D eigenvalue weighted by molar-refractivity contribution is -0.137.